The van der Waals surface area contributed by atoms with Gasteiger partial charge in [0.1, 0.15) is 5.52 Å². The maximum Gasteiger partial charge on any atom is 0.227 e. The molecule has 0 aliphatic carbocycles. The molecule has 0 aliphatic rings. The molecule has 0 amide bonds. The van der Waals surface area contributed by atoms with E-state index in [9.17, 15) is 0 Å². The van der Waals surface area contributed by atoms with Crippen LogP contribution >= 0.6 is 23.2 Å². The maximum absolute atomic E-state index is 6.15. The highest BCUT2D eigenvalue weighted by molar-refractivity contribution is 6.37. The van der Waals surface area contributed by atoms with E-state index in [1.54, 1.807) is 12.1 Å². The van der Waals surface area contributed by atoms with Gasteiger partial charge in [0, 0.05) is 5.56 Å². The SMILES string of the molecule is CCc1ccc2oc(-c3cc(Cl)c(OC)c(Cl)c3)nc2c1. The fourth-order valence-electron chi connectivity index (χ4n) is 2.19. The van der Waals surface area contributed by atoms with Crippen LogP contribution in [0, 0.1) is 0 Å². The van der Waals surface area contributed by atoms with Gasteiger partial charge in [-0.3, -0.25) is 0 Å². The fraction of sp³-hybridized carbons (Fsp3) is 0.188. The Hall–Kier alpha value is -1.71. The third-order valence-corrected chi connectivity index (χ3v) is 3.87. The summed E-state index contributed by atoms with van der Waals surface area (Å²) in [7, 11) is 1.53. The molecular weight excluding hydrogens is 309 g/mol. The second-order valence-electron chi connectivity index (χ2n) is 4.65. The van der Waals surface area contributed by atoms with Gasteiger partial charge in [0.15, 0.2) is 11.3 Å². The van der Waals surface area contributed by atoms with Crippen molar-refractivity contribution in [2.75, 3.05) is 7.11 Å². The molecule has 21 heavy (non-hydrogen) atoms. The summed E-state index contributed by atoms with van der Waals surface area (Å²) in [5, 5.41) is 0.855. The molecule has 0 saturated heterocycles. The summed E-state index contributed by atoms with van der Waals surface area (Å²) >= 11 is 12.3. The zero-order valence-electron chi connectivity index (χ0n) is 11.6. The van der Waals surface area contributed by atoms with Crippen molar-refractivity contribution in [3.8, 4) is 17.2 Å². The number of aromatic nitrogens is 1. The van der Waals surface area contributed by atoms with E-state index in [1.165, 1.54) is 12.7 Å². The number of benzene rings is 2. The molecule has 3 rings (SSSR count). The predicted octanol–water partition coefficient (Wildman–Crippen LogP) is 5.37. The Kier molecular flexibility index (Phi) is 3.79. The van der Waals surface area contributed by atoms with Crippen LogP contribution < -0.4 is 4.74 Å². The lowest BCUT2D eigenvalue weighted by Crippen LogP contribution is -1.87. The normalized spacial score (nSPS) is 11.0. The Labute approximate surface area is 132 Å². The van der Waals surface area contributed by atoms with Crippen molar-refractivity contribution in [3.05, 3.63) is 45.9 Å². The zero-order chi connectivity index (χ0) is 15.0. The number of methoxy groups -OCH3 is 1. The topological polar surface area (TPSA) is 35.3 Å². The molecule has 0 radical (unpaired) electrons. The van der Waals surface area contributed by atoms with Crippen molar-refractivity contribution >= 4 is 34.3 Å². The lowest BCUT2D eigenvalue weighted by atomic mass is 10.1. The molecule has 0 atom stereocenters. The molecule has 0 N–H and O–H groups in total. The van der Waals surface area contributed by atoms with Crippen LogP contribution in [0.15, 0.2) is 34.7 Å². The van der Waals surface area contributed by atoms with Crippen molar-refractivity contribution in [2.45, 2.75) is 13.3 Å². The van der Waals surface area contributed by atoms with E-state index in [1.807, 2.05) is 18.2 Å². The van der Waals surface area contributed by atoms with Crippen molar-refractivity contribution in [1.82, 2.24) is 4.98 Å². The molecule has 0 aliphatic heterocycles. The average molecular weight is 322 g/mol. The van der Waals surface area contributed by atoms with E-state index in [-0.39, 0.29) is 0 Å². The molecule has 3 aromatic rings. The van der Waals surface area contributed by atoms with E-state index in [4.69, 9.17) is 32.4 Å². The highest BCUT2D eigenvalue weighted by Gasteiger charge is 2.14. The van der Waals surface area contributed by atoms with Gasteiger partial charge in [-0.05, 0) is 36.2 Å². The van der Waals surface area contributed by atoms with Gasteiger partial charge >= 0.3 is 0 Å². The Morgan fingerprint density at radius 1 is 1.14 bits per heavy atom. The number of hydrogen-bond acceptors (Lipinski definition) is 3. The first-order chi connectivity index (χ1) is 10.1. The first-order valence-corrected chi connectivity index (χ1v) is 7.31. The van der Waals surface area contributed by atoms with Gasteiger partial charge < -0.3 is 9.15 Å². The van der Waals surface area contributed by atoms with Crippen LogP contribution in [-0.2, 0) is 6.42 Å². The summed E-state index contributed by atoms with van der Waals surface area (Å²) in [5.74, 6) is 0.941. The first-order valence-electron chi connectivity index (χ1n) is 6.55. The summed E-state index contributed by atoms with van der Waals surface area (Å²) < 4.78 is 10.9. The Morgan fingerprint density at radius 2 is 1.86 bits per heavy atom. The van der Waals surface area contributed by atoms with E-state index in [0.717, 1.165) is 23.1 Å². The summed E-state index contributed by atoms with van der Waals surface area (Å²) in [4.78, 5) is 4.50. The van der Waals surface area contributed by atoms with Gasteiger partial charge in [0.2, 0.25) is 5.89 Å². The second kappa shape index (κ2) is 5.58. The largest absolute Gasteiger partial charge is 0.494 e. The molecular formula is C16H13Cl2NO2. The molecule has 0 spiro atoms. The molecule has 0 saturated carbocycles. The number of ether oxygens (including phenoxy) is 1. The fourth-order valence-corrected chi connectivity index (χ4v) is 2.84. The minimum Gasteiger partial charge on any atom is -0.494 e. The number of fused-ring (bicyclic) bond motifs is 1. The smallest absolute Gasteiger partial charge is 0.227 e. The van der Waals surface area contributed by atoms with Crippen LogP contribution in [0.1, 0.15) is 12.5 Å². The Bertz CT molecular complexity index is 788. The second-order valence-corrected chi connectivity index (χ2v) is 5.46. The van der Waals surface area contributed by atoms with Crippen LogP contribution in [-0.4, -0.2) is 12.1 Å². The standard InChI is InChI=1S/C16H13Cl2NO2/c1-3-9-4-5-14-13(6-9)19-16(21-14)10-7-11(17)15(20-2)12(18)8-10/h4-8H,3H2,1-2H3. The van der Waals surface area contributed by atoms with Crippen LogP contribution in [0.5, 0.6) is 5.75 Å². The maximum atomic E-state index is 6.15. The quantitative estimate of drug-likeness (QED) is 0.650. The summed E-state index contributed by atoms with van der Waals surface area (Å²) in [5.41, 5.74) is 3.51. The summed E-state index contributed by atoms with van der Waals surface area (Å²) in [6, 6.07) is 9.45. The minimum atomic E-state index is 0.427. The number of nitrogens with zero attached hydrogens (tertiary/aromatic N) is 1. The lowest BCUT2D eigenvalue weighted by molar-refractivity contribution is 0.415. The summed E-state index contributed by atoms with van der Waals surface area (Å²) in [6.45, 7) is 2.10. The molecule has 3 nitrogen and oxygen atoms in total. The number of hydrogen-bond donors (Lipinski definition) is 0. The number of halogens is 2. The van der Waals surface area contributed by atoms with Crippen molar-refractivity contribution < 1.29 is 9.15 Å². The summed E-state index contributed by atoms with van der Waals surface area (Å²) in [6.07, 6.45) is 0.957. The molecule has 1 aromatic heterocycles. The number of rotatable bonds is 3. The molecule has 0 bridgehead atoms. The third kappa shape index (κ3) is 2.59. The highest BCUT2D eigenvalue weighted by atomic mass is 35.5. The van der Waals surface area contributed by atoms with Gasteiger partial charge in [-0.25, -0.2) is 4.98 Å². The Balaban J connectivity index is 2.12. The number of aryl methyl sites for hydroxylation is 1. The predicted molar refractivity (Wildman–Crippen MR) is 85.4 cm³/mol. The number of oxazole rings is 1. The van der Waals surface area contributed by atoms with Crippen molar-refractivity contribution in [1.29, 1.82) is 0 Å². The first kappa shape index (κ1) is 14.2. The zero-order valence-corrected chi connectivity index (χ0v) is 13.1. The van der Waals surface area contributed by atoms with Gasteiger partial charge in [-0.1, -0.05) is 36.2 Å². The Morgan fingerprint density at radius 3 is 2.48 bits per heavy atom. The van der Waals surface area contributed by atoms with Crippen molar-refractivity contribution in [2.24, 2.45) is 0 Å². The molecule has 0 fully saturated rings. The molecule has 5 heteroatoms. The highest BCUT2D eigenvalue weighted by Crippen LogP contribution is 2.37. The van der Waals surface area contributed by atoms with Crippen molar-refractivity contribution in [3.63, 3.8) is 0 Å². The van der Waals surface area contributed by atoms with Crippen LogP contribution in [0.2, 0.25) is 10.0 Å². The van der Waals surface area contributed by atoms with Gasteiger partial charge in [0.05, 0.1) is 17.2 Å². The van der Waals surface area contributed by atoms with E-state index in [0.29, 0.717) is 21.7 Å². The molecule has 0 unspecified atom stereocenters. The third-order valence-electron chi connectivity index (χ3n) is 3.31. The van der Waals surface area contributed by atoms with Crippen LogP contribution in [0.3, 0.4) is 0 Å². The molecule has 1 heterocycles. The average Bonchev–Trinajstić information content (AvgIpc) is 2.89. The van der Waals surface area contributed by atoms with Crippen LogP contribution in [0.4, 0.5) is 0 Å². The van der Waals surface area contributed by atoms with E-state index < -0.39 is 0 Å². The van der Waals surface area contributed by atoms with Gasteiger partial charge in [0.25, 0.3) is 0 Å². The van der Waals surface area contributed by atoms with Gasteiger partial charge in [-0.15, -0.1) is 0 Å². The minimum absolute atomic E-state index is 0.427. The van der Waals surface area contributed by atoms with Gasteiger partial charge in [-0.2, -0.15) is 0 Å². The monoisotopic (exact) mass is 321 g/mol. The molecule has 108 valence electrons. The lowest BCUT2D eigenvalue weighted by Gasteiger charge is -2.06. The van der Waals surface area contributed by atoms with E-state index >= 15 is 0 Å². The van der Waals surface area contributed by atoms with Crippen LogP contribution in [0.25, 0.3) is 22.6 Å². The molecule has 2 aromatic carbocycles. The van der Waals surface area contributed by atoms with E-state index in [2.05, 4.69) is 11.9 Å².